The standard InChI is InChI=1S/C11H11FO3/c1-7(13)15-11(14)5-4-8-6-9(12)2-3-10(8)11/h2-3,6,14H,4-5H2,1H3. The molecule has 0 saturated carbocycles. The van der Waals surface area contributed by atoms with Crippen molar-refractivity contribution >= 4 is 5.97 Å². The lowest BCUT2D eigenvalue weighted by molar-refractivity contribution is -0.211. The molecule has 1 aliphatic carbocycles. The van der Waals surface area contributed by atoms with Gasteiger partial charge in [0.2, 0.25) is 5.79 Å². The minimum absolute atomic E-state index is 0.283. The Balaban J connectivity index is 2.39. The minimum Gasteiger partial charge on any atom is -0.429 e. The van der Waals surface area contributed by atoms with Gasteiger partial charge in [0, 0.05) is 18.9 Å². The molecular weight excluding hydrogens is 199 g/mol. The summed E-state index contributed by atoms with van der Waals surface area (Å²) in [6.07, 6.45) is 0.794. The number of carbonyl (C=O) groups excluding carboxylic acids is 1. The Morgan fingerprint density at radius 1 is 1.60 bits per heavy atom. The summed E-state index contributed by atoms with van der Waals surface area (Å²) in [5.41, 5.74) is 1.18. The quantitative estimate of drug-likeness (QED) is 0.564. The fourth-order valence-corrected chi connectivity index (χ4v) is 1.93. The molecule has 2 rings (SSSR count). The lowest BCUT2D eigenvalue weighted by Crippen LogP contribution is -2.28. The Kier molecular flexibility index (Phi) is 2.23. The third-order valence-corrected chi connectivity index (χ3v) is 2.53. The molecule has 0 bridgehead atoms. The van der Waals surface area contributed by atoms with Crippen LogP contribution in [-0.4, -0.2) is 11.1 Å². The molecule has 1 aromatic carbocycles. The zero-order valence-electron chi connectivity index (χ0n) is 8.29. The van der Waals surface area contributed by atoms with Gasteiger partial charge < -0.3 is 9.84 Å². The maximum Gasteiger partial charge on any atom is 0.305 e. The number of aryl methyl sites for hydroxylation is 1. The summed E-state index contributed by atoms with van der Waals surface area (Å²) in [7, 11) is 0. The number of fused-ring (bicyclic) bond motifs is 1. The van der Waals surface area contributed by atoms with E-state index in [0.29, 0.717) is 17.5 Å². The van der Waals surface area contributed by atoms with Crippen LogP contribution in [0.15, 0.2) is 18.2 Å². The summed E-state index contributed by atoms with van der Waals surface area (Å²) < 4.78 is 17.7. The van der Waals surface area contributed by atoms with Crippen molar-refractivity contribution in [2.24, 2.45) is 0 Å². The smallest absolute Gasteiger partial charge is 0.305 e. The van der Waals surface area contributed by atoms with Crippen LogP contribution in [0.4, 0.5) is 4.39 Å². The molecule has 15 heavy (non-hydrogen) atoms. The molecule has 1 atom stereocenters. The second kappa shape index (κ2) is 3.31. The number of esters is 1. The number of hydrogen-bond acceptors (Lipinski definition) is 3. The fourth-order valence-electron chi connectivity index (χ4n) is 1.93. The number of hydrogen-bond donors (Lipinski definition) is 1. The first-order chi connectivity index (χ1) is 7.01. The third-order valence-electron chi connectivity index (χ3n) is 2.53. The molecule has 0 saturated heterocycles. The van der Waals surface area contributed by atoms with Gasteiger partial charge in [-0.15, -0.1) is 0 Å². The first-order valence-corrected chi connectivity index (χ1v) is 4.72. The van der Waals surface area contributed by atoms with E-state index >= 15 is 0 Å². The van der Waals surface area contributed by atoms with Gasteiger partial charge >= 0.3 is 5.97 Å². The Labute approximate surface area is 86.5 Å². The number of ether oxygens (including phenoxy) is 1. The molecule has 80 valence electrons. The summed E-state index contributed by atoms with van der Waals surface area (Å²) in [4.78, 5) is 10.8. The van der Waals surface area contributed by atoms with E-state index in [1.807, 2.05) is 0 Å². The van der Waals surface area contributed by atoms with E-state index in [9.17, 15) is 14.3 Å². The topological polar surface area (TPSA) is 46.5 Å². The molecule has 1 aromatic rings. The molecule has 0 fully saturated rings. The maximum absolute atomic E-state index is 12.9. The average Bonchev–Trinajstić information content (AvgIpc) is 2.42. The van der Waals surface area contributed by atoms with Gasteiger partial charge in [-0.1, -0.05) is 0 Å². The SMILES string of the molecule is CC(=O)OC1(O)CCc2cc(F)ccc21. The molecule has 1 N–H and O–H groups in total. The van der Waals surface area contributed by atoms with Gasteiger partial charge in [-0.25, -0.2) is 4.39 Å². The van der Waals surface area contributed by atoms with Gasteiger partial charge in [0.05, 0.1) is 0 Å². The van der Waals surface area contributed by atoms with Gasteiger partial charge in [-0.05, 0) is 30.2 Å². The summed E-state index contributed by atoms with van der Waals surface area (Å²) >= 11 is 0. The number of halogens is 1. The second-order valence-corrected chi connectivity index (χ2v) is 3.68. The number of rotatable bonds is 1. The van der Waals surface area contributed by atoms with Crippen molar-refractivity contribution in [1.82, 2.24) is 0 Å². The van der Waals surface area contributed by atoms with Crippen LogP contribution in [0.5, 0.6) is 0 Å². The van der Waals surface area contributed by atoms with Gasteiger partial charge in [-0.3, -0.25) is 4.79 Å². The van der Waals surface area contributed by atoms with Crippen molar-refractivity contribution in [3.63, 3.8) is 0 Å². The van der Waals surface area contributed by atoms with Crippen molar-refractivity contribution in [3.05, 3.63) is 35.1 Å². The van der Waals surface area contributed by atoms with Crippen molar-refractivity contribution in [3.8, 4) is 0 Å². The highest BCUT2D eigenvalue weighted by atomic mass is 19.1. The highest BCUT2D eigenvalue weighted by Crippen LogP contribution is 2.38. The Bertz CT molecular complexity index is 416. The lowest BCUT2D eigenvalue weighted by Gasteiger charge is -2.23. The molecule has 0 aliphatic heterocycles. The Morgan fingerprint density at radius 2 is 2.33 bits per heavy atom. The van der Waals surface area contributed by atoms with Crippen molar-refractivity contribution in [2.75, 3.05) is 0 Å². The Morgan fingerprint density at radius 3 is 3.00 bits per heavy atom. The van der Waals surface area contributed by atoms with Gasteiger partial charge in [0.25, 0.3) is 0 Å². The van der Waals surface area contributed by atoms with Gasteiger partial charge in [0.15, 0.2) is 0 Å². The zero-order valence-corrected chi connectivity index (χ0v) is 8.29. The number of aliphatic hydroxyl groups is 1. The van der Waals surface area contributed by atoms with Crippen LogP contribution in [0.1, 0.15) is 24.5 Å². The molecule has 4 heteroatoms. The third kappa shape index (κ3) is 1.72. The molecule has 0 spiro atoms. The van der Waals surface area contributed by atoms with Crippen molar-refractivity contribution < 1.29 is 19.0 Å². The van der Waals surface area contributed by atoms with E-state index in [1.54, 1.807) is 0 Å². The highest BCUT2D eigenvalue weighted by molar-refractivity contribution is 5.67. The zero-order chi connectivity index (χ0) is 11.1. The number of carbonyl (C=O) groups is 1. The first-order valence-electron chi connectivity index (χ1n) is 4.72. The number of benzene rings is 1. The predicted molar refractivity (Wildman–Crippen MR) is 50.4 cm³/mol. The van der Waals surface area contributed by atoms with E-state index in [4.69, 9.17) is 4.74 Å². The second-order valence-electron chi connectivity index (χ2n) is 3.68. The van der Waals surface area contributed by atoms with Crippen LogP contribution < -0.4 is 0 Å². The van der Waals surface area contributed by atoms with E-state index in [1.165, 1.54) is 25.1 Å². The fraction of sp³-hybridized carbons (Fsp3) is 0.364. The minimum atomic E-state index is -1.57. The van der Waals surface area contributed by atoms with Crippen molar-refractivity contribution in [1.29, 1.82) is 0 Å². The summed E-state index contributed by atoms with van der Waals surface area (Å²) in [6.45, 7) is 1.24. The molecular formula is C11H11FO3. The molecule has 0 amide bonds. The summed E-state index contributed by atoms with van der Waals surface area (Å²) in [5, 5.41) is 10.0. The predicted octanol–water partition coefficient (Wildman–Crippen LogP) is 1.48. The van der Waals surface area contributed by atoms with E-state index in [2.05, 4.69) is 0 Å². The molecule has 1 aliphatic rings. The molecule has 0 radical (unpaired) electrons. The normalized spacial score (nSPS) is 23.7. The van der Waals surface area contributed by atoms with Crippen LogP contribution >= 0.6 is 0 Å². The van der Waals surface area contributed by atoms with Crippen molar-refractivity contribution in [2.45, 2.75) is 25.6 Å². The average molecular weight is 210 g/mol. The molecule has 1 unspecified atom stereocenters. The molecule has 0 aromatic heterocycles. The lowest BCUT2D eigenvalue weighted by atomic mass is 10.1. The molecule has 3 nitrogen and oxygen atoms in total. The summed E-state index contributed by atoms with van der Waals surface area (Å²) in [6, 6.07) is 4.07. The van der Waals surface area contributed by atoms with E-state index < -0.39 is 11.8 Å². The van der Waals surface area contributed by atoms with Crippen LogP contribution in [0.25, 0.3) is 0 Å². The van der Waals surface area contributed by atoms with Crippen LogP contribution in [0.3, 0.4) is 0 Å². The van der Waals surface area contributed by atoms with E-state index in [-0.39, 0.29) is 12.2 Å². The summed E-state index contributed by atoms with van der Waals surface area (Å²) in [5.74, 6) is -2.47. The van der Waals surface area contributed by atoms with Crippen LogP contribution in [0.2, 0.25) is 0 Å². The van der Waals surface area contributed by atoms with E-state index in [0.717, 1.165) is 0 Å². The first kappa shape index (κ1) is 10.1. The van der Waals surface area contributed by atoms with Gasteiger partial charge in [0.1, 0.15) is 5.82 Å². The Hall–Kier alpha value is -1.42. The highest BCUT2D eigenvalue weighted by Gasteiger charge is 2.39. The largest absolute Gasteiger partial charge is 0.429 e. The van der Waals surface area contributed by atoms with Crippen LogP contribution in [-0.2, 0) is 21.7 Å². The maximum atomic E-state index is 12.9. The van der Waals surface area contributed by atoms with Crippen LogP contribution in [0, 0.1) is 5.82 Å². The molecule has 0 heterocycles. The van der Waals surface area contributed by atoms with Gasteiger partial charge in [-0.2, -0.15) is 0 Å². The monoisotopic (exact) mass is 210 g/mol.